The largest absolute Gasteiger partial charge is 0.425 e. The number of aromatic nitrogens is 4. The van der Waals surface area contributed by atoms with E-state index in [1.807, 2.05) is 0 Å². The van der Waals surface area contributed by atoms with E-state index in [9.17, 15) is 23.1 Å². The lowest BCUT2D eigenvalue weighted by Crippen LogP contribution is -2.46. The van der Waals surface area contributed by atoms with Gasteiger partial charge in [0.1, 0.15) is 5.01 Å². The zero-order chi connectivity index (χ0) is 16.5. The molecule has 0 saturated heterocycles. The molecular formula is C11H12F3N5O2S. The molecule has 0 saturated carbocycles. The summed E-state index contributed by atoms with van der Waals surface area (Å²) in [4.78, 5) is 15.3. The summed E-state index contributed by atoms with van der Waals surface area (Å²) in [7, 11) is 1.30. The molecule has 0 bridgehead atoms. The summed E-state index contributed by atoms with van der Waals surface area (Å²) in [6.07, 6.45) is -3.95. The lowest BCUT2D eigenvalue weighted by molar-refractivity contribution is -0.270. The minimum absolute atomic E-state index is 0.0619. The summed E-state index contributed by atoms with van der Waals surface area (Å²) in [6.45, 7) is 1.63. The molecule has 0 aliphatic heterocycles. The molecule has 2 aromatic heterocycles. The highest BCUT2D eigenvalue weighted by molar-refractivity contribution is 7.15. The van der Waals surface area contributed by atoms with Crippen LogP contribution < -0.4 is 5.32 Å². The Bertz CT molecular complexity index is 683. The molecule has 2 rings (SSSR count). The van der Waals surface area contributed by atoms with Crippen LogP contribution in [0.5, 0.6) is 0 Å². The van der Waals surface area contributed by atoms with Gasteiger partial charge in [-0.1, -0.05) is 11.3 Å². The van der Waals surface area contributed by atoms with E-state index in [0.29, 0.717) is 5.01 Å². The molecule has 0 aliphatic rings. The van der Waals surface area contributed by atoms with E-state index in [2.05, 4.69) is 20.5 Å². The predicted molar refractivity (Wildman–Crippen MR) is 71.1 cm³/mol. The van der Waals surface area contributed by atoms with Crippen LogP contribution in [0.15, 0.2) is 12.4 Å². The van der Waals surface area contributed by atoms with Crippen LogP contribution >= 0.6 is 11.3 Å². The van der Waals surface area contributed by atoms with Gasteiger partial charge in [0, 0.05) is 19.4 Å². The second-order valence-corrected chi connectivity index (χ2v) is 5.75. The summed E-state index contributed by atoms with van der Waals surface area (Å²) in [6, 6.07) is 0. The second kappa shape index (κ2) is 5.65. The van der Waals surface area contributed by atoms with Gasteiger partial charge in [-0.3, -0.25) is 4.79 Å². The first kappa shape index (κ1) is 16.4. The molecule has 2 heterocycles. The predicted octanol–water partition coefficient (Wildman–Crippen LogP) is 1.36. The highest BCUT2D eigenvalue weighted by Crippen LogP contribution is 2.40. The molecule has 2 aromatic rings. The molecule has 7 nitrogen and oxygen atoms in total. The van der Waals surface area contributed by atoms with E-state index in [1.54, 1.807) is 6.92 Å². The van der Waals surface area contributed by atoms with E-state index in [4.69, 9.17) is 0 Å². The molecule has 0 fully saturated rings. The number of hydrogen-bond donors (Lipinski definition) is 2. The Hall–Kier alpha value is -2.01. The van der Waals surface area contributed by atoms with Crippen LogP contribution in [-0.4, -0.2) is 36.9 Å². The Kier molecular flexibility index (Phi) is 4.20. The highest BCUT2D eigenvalue weighted by Gasteiger charge is 2.58. The zero-order valence-corrected chi connectivity index (χ0v) is 12.4. The van der Waals surface area contributed by atoms with Crippen molar-refractivity contribution < 1.29 is 23.1 Å². The lowest BCUT2D eigenvalue weighted by atomic mass is 9.97. The van der Waals surface area contributed by atoms with Crippen molar-refractivity contribution in [2.75, 3.05) is 5.32 Å². The highest BCUT2D eigenvalue weighted by atomic mass is 32.1. The number of alkyl halides is 3. The third kappa shape index (κ3) is 3.09. The normalized spacial score (nSPS) is 14.6. The van der Waals surface area contributed by atoms with Crippen molar-refractivity contribution in [1.82, 2.24) is 19.7 Å². The summed E-state index contributed by atoms with van der Waals surface area (Å²) < 4.78 is 40.7. The Balaban J connectivity index is 2.24. The van der Waals surface area contributed by atoms with Crippen LogP contribution in [0.25, 0.3) is 0 Å². The van der Waals surface area contributed by atoms with Crippen LogP contribution in [0.2, 0.25) is 0 Å². The number of aliphatic hydroxyl groups is 1. The molecule has 0 aromatic carbocycles. The van der Waals surface area contributed by atoms with Gasteiger partial charge < -0.3 is 15.0 Å². The maximum Gasteiger partial charge on any atom is 0.425 e. The van der Waals surface area contributed by atoms with Crippen molar-refractivity contribution >= 4 is 22.4 Å². The molecule has 2 N–H and O–H groups in total. The topological polar surface area (TPSA) is 92.9 Å². The van der Waals surface area contributed by atoms with Crippen LogP contribution in [-0.2, 0) is 17.4 Å². The number of rotatable bonds is 4. The fourth-order valence-corrected chi connectivity index (χ4v) is 2.42. The first-order chi connectivity index (χ1) is 10.1. The van der Waals surface area contributed by atoms with Gasteiger partial charge in [0.05, 0.1) is 6.42 Å². The van der Waals surface area contributed by atoms with E-state index in [1.165, 1.54) is 13.2 Å². The number of nitrogens with one attached hydrogen (secondary N) is 1. The summed E-state index contributed by atoms with van der Waals surface area (Å²) in [5.74, 6) is -1.71. The molecule has 0 spiro atoms. The zero-order valence-electron chi connectivity index (χ0n) is 11.5. The van der Waals surface area contributed by atoms with Crippen LogP contribution in [0.1, 0.15) is 17.3 Å². The minimum Gasteiger partial charge on any atom is -0.374 e. The Morgan fingerprint density at radius 2 is 2.14 bits per heavy atom. The molecule has 1 amide bonds. The van der Waals surface area contributed by atoms with Gasteiger partial charge >= 0.3 is 6.18 Å². The maximum absolute atomic E-state index is 13.2. The summed E-state index contributed by atoms with van der Waals surface area (Å²) in [5.41, 5.74) is -3.39. The molecule has 22 heavy (non-hydrogen) atoms. The van der Waals surface area contributed by atoms with E-state index in [0.717, 1.165) is 22.1 Å². The number of amides is 1. The molecule has 120 valence electrons. The number of hydrogen-bond acceptors (Lipinski definition) is 6. The van der Waals surface area contributed by atoms with E-state index < -0.39 is 29.9 Å². The number of imidazole rings is 1. The molecule has 0 aliphatic carbocycles. The number of carbonyl (C=O) groups is 1. The number of aryl methyl sites for hydroxylation is 2. The van der Waals surface area contributed by atoms with E-state index in [-0.39, 0.29) is 5.13 Å². The van der Waals surface area contributed by atoms with Crippen molar-refractivity contribution in [3.05, 3.63) is 23.2 Å². The number of halogens is 3. The van der Waals surface area contributed by atoms with Crippen LogP contribution in [0, 0.1) is 6.92 Å². The molecule has 11 heteroatoms. The second-order valence-electron chi connectivity index (χ2n) is 4.57. The van der Waals surface area contributed by atoms with Gasteiger partial charge in [-0.2, -0.15) is 13.2 Å². The van der Waals surface area contributed by atoms with Gasteiger partial charge in [0.15, 0.2) is 5.82 Å². The average Bonchev–Trinajstić information content (AvgIpc) is 2.96. The Morgan fingerprint density at radius 1 is 1.45 bits per heavy atom. The first-order valence-corrected chi connectivity index (χ1v) is 6.82. The van der Waals surface area contributed by atoms with Gasteiger partial charge in [0.2, 0.25) is 16.6 Å². The van der Waals surface area contributed by atoms with Gasteiger partial charge in [-0.15, -0.1) is 10.2 Å². The maximum atomic E-state index is 13.2. The van der Waals surface area contributed by atoms with Crippen LogP contribution in [0.3, 0.4) is 0 Å². The quantitative estimate of drug-likeness (QED) is 0.880. The first-order valence-electron chi connectivity index (χ1n) is 6.00. The van der Waals surface area contributed by atoms with Crippen molar-refractivity contribution in [3.8, 4) is 0 Å². The third-order valence-electron chi connectivity index (χ3n) is 2.85. The molecule has 1 atom stereocenters. The van der Waals surface area contributed by atoms with E-state index >= 15 is 0 Å². The standard InChI is InChI=1S/C11H12F3N5O2S/c1-6-17-18-9(22-6)16-7(20)5-10(21,11(12,13)14)8-15-3-4-19(8)2/h3-4,21H,5H2,1-2H3,(H,16,18,20)/t10-/m1/s1. The average molecular weight is 335 g/mol. The molecule has 0 unspecified atom stereocenters. The summed E-state index contributed by atoms with van der Waals surface area (Å²) >= 11 is 1.01. The number of anilines is 1. The minimum atomic E-state index is -5.07. The van der Waals surface area contributed by atoms with Gasteiger partial charge in [-0.05, 0) is 6.92 Å². The molecular weight excluding hydrogens is 323 g/mol. The van der Waals surface area contributed by atoms with Crippen LogP contribution in [0.4, 0.5) is 18.3 Å². The third-order valence-corrected chi connectivity index (χ3v) is 3.60. The van der Waals surface area contributed by atoms with Crippen molar-refractivity contribution in [2.24, 2.45) is 7.05 Å². The summed E-state index contributed by atoms with van der Waals surface area (Å²) in [5, 5.41) is 20.0. The van der Waals surface area contributed by atoms with Crippen molar-refractivity contribution in [3.63, 3.8) is 0 Å². The number of carbonyl (C=O) groups excluding carboxylic acids is 1. The molecule has 0 radical (unpaired) electrons. The lowest BCUT2D eigenvalue weighted by Gasteiger charge is -2.29. The van der Waals surface area contributed by atoms with Crippen molar-refractivity contribution in [1.29, 1.82) is 0 Å². The fraction of sp³-hybridized carbons (Fsp3) is 0.455. The fourth-order valence-electron chi connectivity index (χ4n) is 1.81. The van der Waals surface area contributed by atoms with Gasteiger partial charge in [-0.25, -0.2) is 4.98 Å². The smallest absolute Gasteiger partial charge is 0.374 e. The SMILES string of the molecule is Cc1nnc(NC(=O)C[C@@](O)(c2nccn2C)C(F)(F)F)s1. The van der Waals surface area contributed by atoms with Gasteiger partial charge in [0.25, 0.3) is 0 Å². The Morgan fingerprint density at radius 3 is 2.59 bits per heavy atom. The van der Waals surface area contributed by atoms with Crippen molar-refractivity contribution in [2.45, 2.75) is 25.1 Å². The number of nitrogens with zero attached hydrogens (tertiary/aromatic N) is 4. The Labute approximate surface area is 126 Å². The monoisotopic (exact) mass is 335 g/mol.